The second kappa shape index (κ2) is 4.09. The molecule has 1 atom stereocenters. The van der Waals surface area contributed by atoms with E-state index in [0.29, 0.717) is 17.7 Å². The minimum Gasteiger partial charge on any atom is -0.478 e. The van der Waals surface area contributed by atoms with E-state index in [4.69, 9.17) is 10.5 Å². The second-order valence-corrected chi connectivity index (χ2v) is 3.73. The fourth-order valence-electron chi connectivity index (χ4n) is 1.63. The van der Waals surface area contributed by atoms with E-state index >= 15 is 0 Å². The fourth-order valence-corrected chi connectivity index (χ4v) is 1.63. The van der Waals surface area contributed by atoms with Gasteiger partial charge in [-0.05, 0) is 24.1 Å². The van der Waals surface area contributed by atoms with Crippen LogP contribution in [0.1, 0.15) is 24.9 Å². The summed E-state index contributed by atoms with van der Waals surface area (Å²) in [5, 5.41) is 2.56. The lowest BCUT2D eigenvalue weighted by molar-refractivity contribution is -0.118. The average Bonchev–Trinajstić information content (AvgIpc) is 2.27. The molecule has 0 radical (unpaired) electrons. The van der Waals surface area contributed by atoms with E-state index in [1.807, 2.05) is 6.92 Å². The predicted octanol–water partition coefficient (Wildman–Crippen LogP) is 1.57. The topological polar surface area (TPSA) is 64.3 Å². The lowest BCUT2D eigenvalue weighted by Crippen LogP contribution is -2.26. The molecule has 5 heteroatoms. The van der Waals surface area contributed by atoms with Gasteiger partial charge in [-0.1, -0.05) is 6.92 Å². The van der Waals surface area contributed by atoms with Gasteiger partial charge in [0.1, 0.15) is 0 Å². The van der Waals surface area contributed by atoms with Gasteiger partial charge in [-0.15, -0.1) is 0 Å². The van der Waals surface area contributed by atoms with E-state index in [0.717, 1.165) is 0 Å². The summed E-state index contributed by atoms with van der Waals surface area (Å²) in [5.74, 6) is -0.683. The summed E-state index contributed by atoms with van der Waals surface area (Å²) in [5.41, 5.74) is 6.82. The van der Waals surface area contributed by atoms with E-state index in [9.17, 15) is 9.18 Å². The van der Waals surface area contributed by atoms with Crippen molar-refractivity contribution in [1.29, 1.82) is 0 Å². The monoisotopic (exact) mass is 224 g/mol. The highest BCUT2D eigenvalue weighted by atomic mass is 19.1. The van der Waals surface area contributed by atoms with E-state index in [1.165, 1.54) is 6.07 Å². The number of amides is 1. The van der Waals surface area contributed by atoms with Gasteiger partial charge in [0.25, 0.3) is 5.91 Å². The van der Waals surface area contributed by atoms with E-state index < -0.39 is 5.82 Å². The standard InChI is InChI=1S/C11H13FN2O2/c1-2-8(13)6-3-7(12)11-9(4-6)14-10(15)5-16-11/h3-4,8H,2,5,13H2,1H3,(H,14,15). The van der Waals surface area contributed by atoms with Crippen molar-refractivity contribution in [3.63, 3.8) is 0 Å². The first-order valence-corrected chi connectivity index (χ1v) is 5.13. The summed E-state index contributed by atoms with van der Waals surface area (Å²) < 4.78 is 18.6. The molecular weight excluding hydrogens is 211 g/mol. The van der Waals surface area contributed by atoms with Crippen LogP contribution in [0.2, 0.25) is 0 Å². The Labute approximate surface area is 92.6 Å². The van der Waals surface area contributed by atoms with Crippen LogP contribution in [0.5, 0.6) is 5.75 Å². The lowest BCUT2D eigenvalue weighted by atomic mass is 10.0. The number of ether oxygens (including phenoxy) is 1. The van der Waals surface area contributed by atoms with Gasteiger partial charge in [-0.3, -0.25) is 4.79 Å². The normalized spacial score (nSPS) is 16.1. The molecule has 3 N–H and O–H groups in total. The molecule has 0 saturated heterocycles. The van der Waals surface area contributed by atoms with Gasteiger partial charge in [0.15, 0.2) is 18.2 Å². The summed E-state index contributed by atoms with van der Waals surface area (Å²) >= 11 is 0. The third-order valence-electron chi connectivity index (χ3n) is 2.56. The zero-order valence-electron chi connectivity index (χ0n) is 8.92. The average molecular weight is 224 g/mol. The summed E-state index contributed by atoms with van der Waals surface area (Å²) in [4.78, 5) is 11.1. The summed E-state index contributed by atoms with van der Waals surface area (Å²) in [6.45, 7) is 1.76. The van der Waals surface area contributed by atoms with Crippen LogP contribution in [0.25, 0.3) is 0 Å². The maximum absolute atomic E-state index is 13.6. The fraction of sp³-hybridized carbons (Fsp3) is 0.364. The Hall–Kier alpha value is -1.62. The first-order chi connectivity index (χ1) is 7.61. The smallest absolute Gasteiger partial charge is 0.262 e. The molecular formula is C11H13FN2O2. The second-order valence-electron chi connectivity index (χ2n) is 3.73. The van der Waals surface area contributed by atoms with Gasteiger partial charge in [0.05, 0.1) is 5.69 Å². The minimum atomic E-state index is -0.489. The highest BCUT2D eigenvalue weighted by molar-refractivity contribution is 5.95. The number of nitrogens with one attached hydrogen (secondary N) is 1. The Kier molecular flexibility index (Phi) is 2.78. The van der Waals surface area contributed by atoms with Gasteiger partial charge < -0.3 is 15.8 Å². The predicted molar refractivity (Wildman–Crippen MR) is 57.7 cm³/mol. The number of fused-ring (bicyclic) bond motifs is 1. The molecule has 1 aliphatic heterocycles. The summed E-state index contributed by atoms with van der Waals surface area (Å²) in [6.07, 6.45) is 0.701. The Morgan fingerprint density at radius 2 is 2.38 bits per heavy atom. The third-order valence-corrected chi connectivity index (χ3v) is 2.56. The molecule has 0 aromatic heterocycles. The minimum absolute atomic E-state index is 0.0895. The number of anilines is 1. The van der Waals surface area contributed by atoms with Crippen LogP contribution < -0.4 is 15.8 Å². The molecule has 1 aromatic carbocycles. The summed E-state index contributed by atoms with van der Waals surface area (Å²) in [6, 6.07) is 2.77. The molecule has 2 rings (SSSR count). The number of hydrogen-bond donors (Lipinski definition) is 2. The molecule has 86 valence electrons. The Bertz CT molecular complexity index is 434. The van der Waals surface area contributed by atoms with Gasteiger partial charge in [-0.25, -0.2) is 4.39 Å². The first kappa shape index (κ1) is 10.9. The number of nitrogens with two attached hydrogens (primary N) is 1. The van der Waals surface area contributed by atoms with Crippen LogP contribution in [0.4, 0.5) is 10.1 Å². The number of rotatable bonds is 2. The van der Waals surface area contributed by atoms with E-state index in [-0.39, 0.29) is 24.3 Å². The molecule has 4 nitrogen and oxygen atoms in total. The molecule has 0 fully saturated rings. The number of hydrogen-bond acceptors (Lipinski definition) is 3. The Morgan fingerprint density at radius 3 is 3.06 bits per heavy atom. The number of benzene rings is 1. The van der Waals surface area contributed by atoms with Crippen molar-refractivity contribution >= 4 is 11.6 Å². The molecule has 0 saturated carbocycles. The number of halogens is 1. The molecule has 1 aliphatic rings. The molecule has 0 aliphatic carbocycles. The highest BCUT2D eigenvalue weighted by Crippen LogP contribution is 2.33. The van der Waals surface area contributed by atoms with Crippen LogP contribution in [-0.2, 0) is 4.79 Å². The van der Waals surface area contributed by atoms with E-state index in [2.05, 4.69) is 5.32 Å². The van der Waals surface area contributed by atoms with Gasteiger partial charge in [0, 0.05) is 6.04 Å². The van der Waals surface area contributed by atoms with Crippen LogP contribution in [0.3, 0.4) is 0 Å². The highest BCUT2D eigenvalue weighted by Gasteiger charge is 2.21. The molecule has 1 heterocycles. The zero-order valence-corrected chi connectivity index (χ0v) is 8.92. The Balaban J connectivity index is 2.43. The maximum Gasteiger partial charge on any atom is 0.262 e. The van der Waals surface area contributed by atoms with Crippen molar-refractivity contribution in [2.45, 2.75) is 19.4 Å². The van der Waals surface area contributed by atoms with Gasteiger partial charge in [0.2, 0.25) is 0 Å². The van der Waals surface area contributed by atoms with Crippen LogP contribution >= 0.6 is 0 Å². The Morgan fingerprint density at radius 1 is 1.62 bits per heavy atom. The van der Waals surface area contributed by atoms with Crippen LogP contribution in [-0.4, -0.2) is 12.5 Å². The van der Waals surface area contributed by atoms with Crippen molar-refractivity contribution in [2.24, 2.45) is 5.73 Å². The van der Waals surface area contributed by atoms with Crippen LogP contribution in [0.15, 0.2) is 12.1 Å². The molecule has 0 spiro atoms. The number of carbonyl (C=O) groups excluding carboxylic acids is 1. The third kappa shape index (κ3) is 1.86. The molecule has 1 aromatic rings. The molecule has 1 unspecified atom stereocenters. The van der Waals surface area contributed by atoms with Crippen molar-refractivity contribution in [2.75, 3.05) is 11.9 Å². The first-order valence-electron chi connectivity index (χ1n) is 5.13. The van der Waals surface area contributed by atoms with Crippen molar-refractivity contribution in [3.05, 3.63) is 23.5 Å². The molecule has 0 bridgehead atoms. The summed E-state index contributed by atoms with van der Waals surface area (Å²) in [7, 11) is 0. The largest absolute Gasteiger partial charge is 0.478 e. The zero-order chi connectivity index (χ0) is 11.7. The van der Waals surface area contributed by atoms with Gasteiger partial charge >= 0.3 is 0 Å². The van der Waals surface area contributed by atoms with Gasteiger partial charge in [-0.2, -0.15) is 0 Å². The maximum atomic E-state index is 13.6. The lowest BCUT2D eigenvalue weighted by Gasteiger charge is -2.20. The van der Waals surface area contributed by atoms with Crippen molar-refractivity contribution in [1.82, 2.24) is 0 Å². The van der Waals surface area contributed by atoms with Crippen molar-refractivity contribution in [3.8, 4) is 5.75 Å². The SMILES string of the molecule is CCC(N)c1cc(F)c2c(c1)NC(=O)CO2. The quantitative estimate of drug-likeness (QED) is 0.801. The van der Waals surface area contributed by atoms with Crippen molar-refractivity contribution < 1.29 is 13.9 Å². The molecule has 16 heavy (non-hydrogen) atoms. The van der Waals surface area contributed by atoms with E-state index in [1.54, 1.807) is 6.07 Å². The molecule has 1 amide bonds. The number of carbonyl (C=O) groups is 1. The van der Waals surface area contributed by atoms with Crippen LogP contribution in [0, 0.1) is 5.82 Å².